The maximum atomic E-state index is 14.4. The molecular weight excluding hydrogens is 546 g/mol. The number of hydrogen-bond acceptors (Lipinski definition) is 5. The van der Waals surface area contributed by atoms with Crippen molar-refractivity contribution in [1.82, 2.24) is 10.2 Å². The molecule has 42 heavy (non-hydrogen) atoms. The fourth-order valence-electron chi connectivity index (χ4n) is 4.75. The Balaban J connectivity index is 2.60. The van der Waals surface area contributed by atoms with Gasteiger partial charge in [-0.05, 0) is 87.8 Å². The largest absolute Gasteiger partial charge is 0.444 e. The lowest BCUT2D eigenvalue weighted by atomic mass is 9.99. The number of amides is 3. The van der Waals surface area contributed by atoms with Crippen molar-refractivity contribution in [3.05, 3.63) is 71.3 Å². The van der Waals surface area contributed by atoms with Crippen molar-refractivity contribution in [3.8, 4) is 0 Å². The van der Waals surface area contributed by atoms with Gasteiger partial charge in [-0.25, -0.2) is 4.79 Å². The molecule has 8 heteroatoms. The summed E-state index contributed by atoms with van der Waals surface area (Å²) in [5.41, 5.74) is 3.43. The Morgan fingerprint density at radius 2 is 1.71 bits per heavy atom. The molecule has 2 atom stereocenters. The summed E-state index contributed by atoms with van der Waals surface area (Å²) < 4.78 is 5.50. The number of anilines is 1. The second-order valence-electron chi connectivity index (χ2n) is 11.6. The molecule has 0 saturated heterocycles. The summed E-state index contributed by atoms with van der Waals surface area (Å²) in [7, 11) is 0. The summed E-state index contributed by atoms with van der Waals surface area (Å²) in [5, 5.41) is 5.94. The minimum Gasteiger partial charge on any atom is -0.444 e. The first-order valence-electron chi connectivity index (χ1n) is 14.8. The van der Waals surface area contributed by atoms with Gasteiger partial charge in [0, 0.05) is 12.2 Å². The lowest BCUT2D eigenvalue weighted by Crippen LogP contribution is -2.52. The highest BCUT2D eigenvalue weighted by Gasteiger charge is 2.36. The van der Waals surface area contributed by atoms with Crippen molar-refractivity contribution in [2.75, 3.05) is 23.9 Å². The average Bonchev–Trinajstić information content (AvgIpc) is 2.93. The molecule has 0 bridgehead atoms. The lowest BCUT2D eigenvalue weighted by Gasteiger charge is -2.35. The Morgan fingerprint density at radius 3 is 2.31 bits per heavy atom. The third kappa shape index (κ3) is 10.9. The normalized spacial score (nSPS) is 12.6. The van der Waals surface area contributed by atoms with Crippen LogP contribution in [0.5, 0.6) is 0 Å². The van der Waals surface area contributed by atoms with Crippen LogP contribution in [0, 0.1) is 13.8 Å². The number of rotatable bonds is 15. The van der Waals surface area contributed by atoms with Crippen molar-refractivity contribution in [2.24, 2.45) is 0 Å². The summed E-state index contributed by atoms with van der Waals surface area (Å²) in [6.07, 6.45) is 7.16. The predicted octanol–water partition coefficient (Wildman–Crippen LogP) is 7.68. The Kier molecular flexibility index (Phi) is 14.1. The molecule has 2 aromatic carbocycles. The minimum absolute atomic E-state index is 0.307. The smallest absolute Gasteiger partial charge is 0.408 e. The van der Waals surface area contributed by atoms with Crippen molar-refractivity contribution in [2.45, 2.75) is 91.3 Å². The van der Waals surface area contributed by atoms with Crippen LogP contribution in [0.25, 0.3) is 6.08 Å². The van der Waals surface area contributed by atoms with E-state index in [1.807, 2.05) is 62.6 Å². The zero-order valence-corrected chi connectivity index (χ0v) is 27.2. The fourth-order valence-corrected chi connectivity index (χ4v) is 5.22. The maximum absolute atomic E-state index is 14.4. The Bertz CT molecular complexity index is 1190. The molecule has 230 valence electrons. The molecular formula is C34H49N3O4S. The van der Waals surface area contributed by atoms with Crippen LogP contribution < -0.4 is 10.6 Å². The molecule has 0 aliphatic heterocycles. The number of hydrogen-bond donors (Lipinski definition) is 2. The molecule has 2 rings (SSSR count). The van der Waals surface area contributed by atoms with E-state index in [0.29, 0.717) is 24.3 Å². The van der Waals surface area contributed by atoms with Crippen LogP contribution in [0.2, 0.25) is 0 Å². The van der Waals surface area contributed by atoms with E-state index in [1.54, 1.807) is 43.5 Å². The van der Waals surface area contributed by atoms with E-state index in [9.17, 15) is 14.4 Å². The quantitative estimate of drug-likeness (QED) is 0.206. The molecule has 0 aromatic heterocycles. The third-order valence-corrected chi connectivity index (χ3v) is 7.53. The molecule has 0 heterocycles. The highest BCUT2D eigenvalue weighted by molar-refractivity contribution is 7.98. The third-order valence-electron chi connectivity index (χ3n) is 6.89. The molecule has 0 aliphatic rings. The van der Waals surface area contributed by atoms with E-state index < -0.39 is 23.8 Å². The standard InChI is InChI=1S/C34H49N3O4S/c1-9-11-12-13-21-37(32(39)28(20-22-42-8)35-33(40)41-34(5,6)7)30(27-19-15-18-26(10-2)23-27)31(38)36-29-24(3)16-14-17-25(29)4/h10,14-19,23,28,30H,2,9,11-13,20-22H2,1,3-8H3,(H,35,40)(H,36,38). The van der Waals surface area contributed by atoms with Gasteiger partial charge in [0.15, 0.2) is 0 Å². The number of para-hydroxylation sites is 1. The van der Waals surface area contributed by atoms with Crippen LogP contribution in [0.15, 0.2) is 49.0 Å². The van der Waals surface area contributed by atoms with E-state index in [1.165, 1.54) is 0 Å². The van der Waals surface area contributed by atoms with E-state index >= 15 is 0 Å². The van der Waals surface area contributed by atoms with E-state index in [-0.39, 0.29) is 11.8 Å². The summed E-state index contributed by atoms with van der Waals surface area (Å²) in [4.78, 5) is 43.1. The molecule has 0 saturated carbocycles. The first-order chi connectivity index (χ1) is 19.9. The van der Waals surface area contributed by atoms with Crippen LogP contribution in [0.4, 0.5) is 10.5 Å². The molecule has 0 aliphatic carbocycles. The average molecular weight is 596 g/mol. The van der Waals surface area contributed by atoms with Crippen molar-refractivity contribution in [3.63, 3.8) is 0 Å². The molecule has 2 unspecified atom stereocenters. The van der Waals surface area contributed by atoms with Gasteiger partial charge in [0.05, 0.1) is 0 Å². The molecule has 7 nitrogen and oxygen atoms in total. The molecule has 2 N–H and O–H groups in total. The number of carbonyl (C=O) groups is 3. The van der Waals surface area contributed by atoms with Crippen LogP contribution in [-0.4, -0.2) is 53.0 Å². The summed E-state index contributed by atoms with van der Waals surface area (Å²) in [6, 6.07) is 11.6. The zero-order chi connectivity index (χ0) is 31.3. The Morgan fingerprint density at radius 1 is 1.05 bits per heavy atom. The number of ether oxygens (including phenoxy) is 1. The van der Waals surface area contributed by atoms with Crippen molar-refractivity contribution >= 4 is 41.4 Å². The summed E-state index contributed by atoms with van der Waals surface area (Å²) >= 11 is 1.59. The first kappa shape index (κ1) is 34.9. The summed E-state index contributed by atoms with van der Waals surface area (Å²) in [6.45, 7) is 15.7. The second-order valence-corrected chi connectivity index (χ2v) is 12.6. The van der Waals surface area contributed by atoms with Gasteiger partial charge in [-0.2, -0.15) is 11.8 Å². The van der Waals surface area contributed by atoms with Gasteiger partial charge in [-0.1, -0.05) is 75.2 Å². The number of aryl methyl sites for hydroxylation is 2. The number of alkyl carbamates (subject to hydrolysis) is 1. The van der Waals surface area contributed by atoms with E-state index in [4.69, 9.17) is 4.74 Å². The number of unbranched alkanes of at least 4 members (excludes halogenated alkanes) is 3. The van der Waals surface area contributed by atoms with E-state index in [0.717, 1.165) is 48.1 Å². The molecule has 0 radical (unpaired) electrons. The Labute approximate surface area is 256 Å². The highest BCUT2D eigenvalue weighted by atomic mass is 32.2. The SMILES string of the molecule is C=Cc1cccc(C(C(=O)Nc2c(C)cccc2C)N(CCCCCC)C(=O)C(CCSC)NC(=O)OC(C)(C)C)c1. The molecule has 0 fully saturated rings. The van der Waals surface area contributed by atoms with Crippen molar-refractivity contribution in [1.29, 1.82) is 0 Å². The summed E-state index contributed by atoms with van der Waals surface area (Å²) in [5.74, 6) is 0.0385. The van der Waals surface area contributed by atoms with Crippen LogP contribution >= 0.6 is 11.8 Å². The number of nitrogens with zero attached hydrogens (tertiary/aromatic N) is 1. The monoisotopic (exact) mass is 595 g/mol. The lowest BCUT2D eigenvalue weighted by molar-refractivity contribution is -0.141. The molecule has 0 spiro atoms. The fraction of sp³-hybridized carbons (Fsp3) is 0.500. The second kappa shape index (κ2) is 17.0. The van der Waals surface area contributed by atoms with Gasteiger partial charge >= 0.3 is 6.09 Å². The predicted molar refractivity (Wildman–Crippen MR) is 176 cm³/mol. The number of nitrogens with one attached hydrogen (secondary N) is 2. The van der Waals surface area contributed by atoms with Gasteiger partial charge in [0.1, 0.15) is 17.7 Å². The van der Waals surface area contributed by atoms with Gasteiger partial charge < -0.3 is 20.3 Å². The molecule has 2 aromatic rings. The van der Waals surface area contributed by atoms with Crippen LogP contribution in [0.3, 0.4) is 0 Å². The van der Waals surface area contributed by atoms with Gasteiger partial charge in [0.2, 0.25) is 5.91 Å². The van der Waals surface area contributed by atoms with Gasteiger partial charge in [0.25, 0.3) is 5.91 Å². The molecule has 3 amide bonds. The first-order valence-corrected chi connectivity index (χ1v) is 16.2. The van der Waals surface area contributed by atoms with E-state index in [2.05, 4.69) is 24.1 Å². The minimum atomic E-state index is -0.921. The van der Waals surface area contributed by atoms with Gasteiger partial charge in [-0.15, -0.1) is 0 Å². The highest BCUT2D eigenvalue weighted by Crippen LogP contribution is 2.28. The van der Waals surface area contributed by atoms with Crippen LogP contribution in [-0.2, 0) is 14.3 Å². The number of carbonyl (C=O) groups excluding carboxylic acids is 3. The van der Waals surface area contributed by atoms with Gasteiger partial charge in [-0.3, -0.25) is 9.59 Å². The number of benzene rings is 2. The zero-order valence-electron chi connectivity index (χ0n) is 26.4. The van der Waals surface area contributed by atoms with Crippen molar-refractivity contribution < 1.29 is 19.1 Å². The Hall–Kier alpha value is -3.26. The van der Waals surface area contributed by atoms with Crippen LogP contribution in [0.1, 0.15) is 88.1 Å². The topological polar surface area (TPSA) is 87.7 Å². The maximum Gasteiger partial charge on any atom is 0.408 e. The number of thioether (sulfide) groups is 1.